The van der Waals surface area contributed by atoms with Crippen molar-refractivity contribution in [1.29, 1.82) is 0 Å². The lowest BCUT2D eigenvalue weighted by atomic mass is 10.5. The number of aliphatic carboxylic acids is 1. The predicted molar refractivity (Wildman–Crippen MR) is 71.3 cm³/mol. The summed E-state index contributed by atoms with van der Waals surface area (Å²) < 4.78 is 10.7. The first-order chi connectivity index (χ1) is 9.04. The van der Waals surface area contributed by atoms with Gasteiger partial charge in [-0.2, -0.15) is 0 Å². The molecule has 1 unspecified atom stereocenters. The number of ether oxygens (including phenoxy) is 2. The van der Waals surface area contributed by atoms with Crippen molar-refractivity contribution in [3.05, 3.63) is 12.4 Å². The van der Waals surface area contributed by atoms with Crippen LogP contribution in [-0.4, -0.2) is 56.8 Å². The van der Waals surface area contributed by atoms with Crippen molar-refractivity contribution in [2.45, 2.75) is 20.3 Å². The summed E-state index contributed by atoms with van der Waals surface area (Å²) in [5, 5.41) is 9.87. The summed E-state index contributed by atoms with van der Waals surface area (Å²) in [5.74, 6) is -1.08. The predicted octanol–water partition coefficient (Wildman–Crippen LogP) is 0.146. The normalized spacial score (nSPS) is 20.2. The van der Waals surface area contributed by atoms with Crippen LogP contribution in [0.25, 0.3) is 0 Å². The number of hydrogen-bond donors (Lipinski definition) is 0. The Morgan fingerprint density at radius 3 is 2.37 bits per heavy atom. The van der Waals surface area contributed by atoms with Gasteiger partial charge in [0.25, 0.3) is 0 Å². The maximum Gasteiger partial charge on any atom is 0.194 e. The van der Waals surface area contributed by atoms with Gasteiger partial charge in [-0.3, -0.25) is 4.48 Å². The van der Waals surface area contributed by atoms with Crippen LogP contribution in [0.15, 0.2) is 17.4 Å². The zero-order valence-electron chi connectivity index (χ0n) is 12.0. The van der Waals surface area contributed by atoms with Gasteiger partial charge in [0.05, 0.1) is 39.6 Å². The standard InChI is InChI=1S/C7H14O4.C6H11N2/c1-2-10-5-6-11-4-3-7(8)9;1-3-8(2)5-4-7-6-8/h2-6H2,1H3,(H,8,9);4-6H,3H2,1-2H3/q;+1/p-1. The van der Waals surface area contributed by atoms with Crippen LogP contribution in [0.5, 0.6) is 0 Å². The third-order valence-corrected chi connectivity index (χ3v) is 2.53. The van der Waals surface area contributed by atoms with Crippen molar-refractivity contribution < 1.29 is 23.9 Å². The Balaban J connectivity index is 0.000000356. The number of carbonyl (C=O) groups excluding carboxylic acids is 1. The molecule has 6 nitrogen and oxygen atoms in total. The first-order valence-electron chi connectivity index (χ1n) is 6.46. The Bertz CT molecular complexity index is 291. The van der Waals surface area contributed by atoms with Crippen molar-refractivity contribution in [3.63, 3.8) is 0 Å². The highest BCUT2D eigenvalue weighted by atomic mass is 16.5. The van der Waals surface area contributed by atoms with E-state index in [1.54, 1.807) is 0 Å². The van der Waals surface area contributed by atoms with Gasteiger partial charge < -0.3 is 19.4 Å². The van der Waals surface area contributed by atoms with E-state index in [1.165, 1.54) is 0 Å². The van der Waals surface area contributed by atoms with E-state index < -0.39 is 5.97 Å². The van der Waals surface area contributed by atoms with Crippen molar-refractivity contribution in [2.75, 3.05) is 40.0 Å². The highest BCUT2D eigenvalue weighted by Gasteiger charge is 2.14. The molecule has 0 aromatic heterocycles. The number of aliphatic imine (C=N–C) groups is 1. The van der Waals surface area contributed by atoms with Crippen molar-refractivity contribution in [3.8, 4) is 0 Å². The molecule has 0 radical (unpaired) electrons. The van der Waals surface area contributed by atoms with E-state index in [1.807, 2.05) is 19.5 Å². The number of carbonyl (C=O) groups is 1. The lowest BCUT2D eigenvalue weighted by molar-refractivity contribution is -0.753. The molecule has 0 amide bonds. The van der Waals surface area contributed by atoms with Crippen LogP contribution in [0.2, 0.25) is 0 Å². The number of carboxylic acid groups (broad SMARTS) is 1. The second-order valence-corrected chi connectivity index (χ2v) is 4.16. The molecule has 0 N–H and O–H groups in total. The van der Waals surface area contributed by atoms with E-state index in [0.29, 0.717) is 19.8 Å². The molecule has 0 saturated carbocycles. The van der Waals surface area contributed by atoms with E-state index in [-0.39, 0.29) is 13.0 Å². The lowest BCUT2D eigenvalue weighted by Crippen LogP contribution is -2.33. The second-order valence-electron chi connectivity index (χ2n) is 4.16. The Morgan fingerprint density at radius 2 is 1.95 bits per heavy atom. The number of hydrogen-bond acceptors (Lipinski definition) is 5. The molecule has 0 aliphatic carbocycles. The van der Waals surface area contributed by atoms with Gasteiger partial charge in [0.2, 0.25) is 0 Å². The molecule has 0 bridgehead atoms. The molecule has 6 heteroatoms. The molecular weight excluding hydrogens is 248 g/mol. The van der Waals surface area contributed by atoms with Crippen LogP contribution >= 0.6 is 0 Å². The van der Waals surface area contributed by atoms with Gasteiger partial charge in [0.15, 0.2) is 6.34 Å². The Hall–Kier alpha value is -1.24. The Labute approximate surface area is 114 Å². The molecular formula is C13H24N2O4. The maximum absolute atomic E-state index is 9.87. The quantitative estimate of drug-likeness (QED) is 0.466. The summed E-state index contributed by atoms with van der Waals surface area (Å²) >= 11 is 0. The molecule has 0 aromatic rings. The summed E-state index contributed by atoms with van der Waals surface area (Å²) in [7, 11) is 2.12. The van der Waals surface area contributed by atoms with Gasteiger partial charge in [-0.1, -0.05) is 0 Å². The second kappa shape index (κ2) is 10.7. The molecule has 1 rings (SSSR count). The molecule has 110 valence electrons. The zero-order valence-corrected chi connectivity index (χ0v) is 12.0. The molecule has 1 heterocycles. The fourth-order valence-corrected chi connectivity index (χ4v) is 1.13. The van der Waals surface area contributed by atoms with Crippen LogP contribution < -0.4 is 5.11 Å². The highest BCUT2D eigenvalue weighted by molar-refractivity contribution is 5.64. The SMILES string of the molecule is CCOCCOCCC(=O)[O-].CC[N+]1(C)C=CN=C1. The average Bonchev–Trinajstić information content (AvgIpc) is 2.82. The minimum absolute atomic E-state index is 0.0495. The third-order valence-electron chi connectivity index (χ3n) is 2.53. The van der Waals surface area contributed by atoms with Gasteiger partial charge in [0.1, 0.15) is 6.20 Å². The molecule has 1 aliphatic heterocycles. The molecule has 0 saturated heterocycles. The van der Waals surface area contributed by atoms with E-state index in [0.717, 1.165) is 11.0 Å². The van der Waals surface area contributed by atoms with Gasteiger partial charge in [0, 0.05) is 19.0 Å². The number of rotatable bonds is 8. The fraction of sp³-hybridized carbons (Fsp3) is 0.692. The summed E-state index contributed by atoms with van der Waals surface area (Å²) in [6.45, 7) is 6.94. The largest absolute Gasteiger partial charge is 0.550 e. The van der Waals surface area contributed by atoms with Crippen LogP contribution in [0.1, 0.15) is 20.3 Å². The first-order valence-corrected chi connectivity index (χ1v) is 6.46. The lowest BCUT2D eigenvalue weighted by Gasteiger charge is -2.18. The Kier molecular flexibility index (Phi) is 9.97. The summed E-state index contributed by atoms with van der Waals surface area (Å²) in [5.41, 5.74) is 0. The number of nitrogens with zero attached hydrogens (tertiary/aromatic N) is 2. The zero-order chi connectivity index (χ0) is 14.6. The highest BCUT2D eigenvalue weighted by Crippen LogP contribution is 2.04. The smallest absolute Gasteiger partial charge is 0.194 e. The molecule has 1 aliphatic rings. The van der Waals surface area contributed by atoms with Crippen molar-refractivity contribution in [2.24, 2.45) is 4.99 Å². The minimum atomic E-state index is -1.08. The molecule has 0 aromatic carbocycles. The van der Waals surface area contributed by atoms with E-state index in [9.17, 15) is 9.90 Å². The summed E-state index contributed by atoms with van der Waals surface area (Å²) in [6, 6.07) is 0. The van der Waals surface area contributed by atoms with Gasteiger partial charge in [-0.15, -0.1) is 0 Å². The molecule has 0 fully saturated rings. The van der Waals surface area contributed by atoms with Crippen LogP contribution in [0, 0.1) is 0 Å². The van der Waals surface area contributed by atoms with Crippen LogP contribution in [0.4, 0.5) is 0 Å². The van der Waals surface area contributed by atoms with Crippen LogP contribution in [-0.2, 0) is 14.3 Å². The van der Waals surface area contributed by atoms with Gasteiger partial charge in [-0.25, -0.2) is 4.99 Å². The maximum atomic E-state index is 9.87. The molecule has 19 heavy (non-hydrogen) atoms. The topological polar surface area (TPSA) is 71.0 Å². The number of quaternary nitrogens is 1. The Morgan fingerprint density at radius 1 is 1.26 bits per heavy atom. The van der Waals surface area contributed by atoms with Crippen molar-refractivity contribution in [1.82, 2.24) is 0 Å². The molecule has 0 spiro atoms. The fourth-order valence-electron chi connectivity index (χ4n) is 1.13. The van der Waals surface area contributed by atoms with E-state index in [4.69, 9.17) is 9.47 Å². The third kappa shape index (κ3) is 10.4. The average molecular weight is 272 g/mol. The summed E-state index contributed by atoms with van der Waals surface area (Å²) in [6.07, 6.45) is 5.79. The molecule has 1 atom stereocenters. The van der Waals surface area contributed by atoms with E-state index >= 15 is 0 Å². The van der Waals surface area contributed by atoms with Gasteiger partial charge >= 0.3 is 0 Å². The minimum Gasteiger partial charge on any atom is -0.550 e. The van der Waals surface area contributed by atoms with E-state index in [2.05, 4.69) is 25.2 Å². The van der Waals surface area contributed by atoms with Gasteiger partial charge in [-0.05, 0) is 13.8 Å². The summed E-state index contributed by atoms with van der Waals surface area (Å²) in [4.78, 5) is 13.8. The first kappa shape index (κ1) is 17.8. The monoisotopic (exact) mass is 272 g/mol. The van der Waals surface area contributed by atoms with Crippen molar-refractivity contribution >= 4 is 12.3 Å². The number of carboxylic acids is 1. The van der Waals surface area contributed by atoms with Crippen LogP contribution in [0.3, 0.4) is 0 Å².